The van der Waals surface area contributed by atoms with Crippen LogP contribution in [0.25, 0.3) is 0 Å². The summed E-state index contributed by atoms with van der Waals surface area (Å²) >= 11 is 12.2. The maximum Gasteiger partial charge on any atom is 0.375 e. The summed E-state index contributed by atoms with van der Waals surface area (Å²) in [6.45, 7) is 8.00. The summed E-state index contributed by atoms with van der Waals surface area (Å²) in [6.07, 6.45) is 1.48. The van der Waals surface area contributed by atoms with Crippen molar-refractivity contribution in [1.29, 1.82) is 0 Å². The molecule has 1 amide bonds. The van der Waals surface area contributed by atoms with Crippen molar-refractivity contribution in [1.82, 2.24) is 0 Å². The number of ketones is 1. The van der Waals surface area contributed by atoms with Crippen molar-refractivity contribution in [3.63, 3.8) is 0 Å². The Morgan fingerprint density at radius 3 is 2.18 bits per heavy atom. The average Bonchev–Trinajstić information content (AvgIpc) is 2.85. The highest BCUT2D eigenvalue weighted by Gasteiger charge is 2.47. The van der Waals surface area contributed by atoms with E-state index < -0.39 is 36.2 Å². The number of carbonyl (C=O) groups excluding carboxylic acids is 3. The van der Waals surface area contributed by atoms with E-state index in [4.69, 9.17) is 32.7 Å². The van der Waals surface area contributed by atoms with Crippen molar-refractivity contribution in [3.05, 3.63) is 57.6 Å². The van der Waals surface area contributed by atoms with Gasteiger partial charge >= 0.3 is 11.9 Å². The second kappa shape index (κ2) is 12.0. The fraction of sp³-hybridized carbons (Fsp3) is 0.448. The number of Topliss-reactive ketones (excluding diaryl/α,β-unsaturated/α-hetero) is 1. The highest BCUT2D eigenvalue weighted by Crippen LogP contribution is 2.47. The second-order valence-corrected chi connectivity index (χ2v) is 11.9. The van der Waals surface area contributed by atoms with E-state index in [1.807, 2.05) is 27.7 Å². The molecule has 1 N–H and O–H groups in total. The lowest BCUT2D eigenvalue weighted by Gasteiger charge is -2.47. The van der Waals surface area contributed by atoms with E-state index in [-0.39, 0.29) is 39.4 Å². The highest BCUT2D eigenvalue weighted by atomic mass is 35.5. The van der Waals surface area contributed by atoms with Gasteiger partial charge in [-0.15, -0.1) is 0 Å². The topological polar surface area (TPSA) is 110 Å². The Bertz CT molecular complexity index is 1270. The van der Waals surface area contributed by atoms with Gasteiger partial charge in [-0.1, -0.05) is 63.4 Å². The summed E-state index contributed by atoms with van der Waals surface area (Å²) in [5.74, 6) is -3.88. The van der Waals surface area contributed by atoms with Crippen molar-refractivity contribution in [2.45, 2.75) is 66.0 Å². The molecule has 2 aromatic carbocycles. The van der Waals surface area contributed by atoms with Crippen molar-refractivity contribution in [2.24, 2.45) is 10.8 Å². The fourth-order valence-electron chi connectivity index (χ4n) is 5.28. The first-order valence-corrected chi connectivity index (χ1v) is 13.3. The summed E-state index contributed by atoms with van der Waals surface area (Å²) in [5, 5.41) is 10.0. The van der Waals surface area contributed by atoms with Gasteiger partial charge in [0.2, 0.25) is 11.7 Å². The molecule has 210 valence electrons. The second-order valence-electron chi connectivity index (χ2n) is 11.1. The summed E-state index contributed by atoms with van der Waals surface area (Å²) < 4.78 is 10.9. The molecule has 39 heavy (non-hydrogen) atoms. The number of rotatable bonds is 9. The van der Waals surface area contributed by atoms with Gasteiger partial charge in [-0.05, 0) is 42.7 Å². The Morgan fingerprint density at radius 2 is 1.62 bits per heavy atom. The van der Waals surface area contributed by atoms with Crippen LogP contribution in [0.1, 0.15) is 69.3 Å². The minimum Gasteiger partial charge on any atom is -0.496 e. The number of amides is 1. The van der Waals surface area contributed by atoms with Crippen molar-refractivity contribution < 1.29 is 33.8 Å². The van der Waals surface area contributed by atoms with Gasteiger partial charge in [0.1, 0.15) is 17.4 Å². The Hall–Kier alpha value is -3.10. The molecule has 0 atom stereocenters. The standard InChI is InChI=1S/C29H33Cl2NO7/c1-28(2)11-6-12-29(3,4)27(28)39-26(37)22(33)15-24(34)32(16-17-7-10-20(30)21(31)13-17)18-8-9-19(25(35)36)23(14-18)38-5/h7-10,13-14,27H,6,11-12,15-16H2,1-5H3,(H,35,36). The van der Waals surface area contributed by atoms with Crippen LogP contribution in [0.4, 0.5) is 5.69 Å². The molecule has 1 aliphatic rings. The minimum absolute atomic E-state index is 0.0273. The van der Waals surface area contributed by atoms with E-state index in [1.165, 1.54) is 30.2 Å². The number of carboxylic acids is 1. The van der Waals surface area contributed by atoms with Crippen LogP contribution < -0.4 is 9.64 Å². The lowest BCUT2D eigenvalue weighted by atomic mass is 9.63. The Labute approximate surface area is 238 Å². The fourth-order valence-corrected chi connectivity index (χ4v) is 5.61. The molecule has 1 fully saturated rings. The van der Waals surface area contributed by atoms with E-state index in [0.29, 0.717) is 10.6 Å². The predicted octanol–water partition coefficient (Wildman–Crippen LogP) is 6.34. The van der Waals surface area contributed by atoms with Crippen LogP contribution in [-0.4, -0.2) is 41.9 Å². The van der Waals surface area contributed by atoms with Crippen molar-refractivity contribution >= 4 is 52.5 Å². The number of nitrogens with zero attached hydrogens (tertiary/aromatic N) is 1. The molecule has 0 aromatic heterocycles. The minimum atomic E-state index is -1.20. The summed E-state index contributed by atoms with van der Waals surface area (Å²) in [5.41, 5.74) is 0.137. The lowest BCUT2D eigenvalue weighted by molar-refractivity contribution is -0.176. The van der Waals surface area contributed by atoms with Gasteiger partial charge < -0.3 is 19.5 Å². The largest absolute Gasteiger partial charge is 0.496 e. The summed E-state index contributed by atoms with van der Waals surface area (Å²) in [4.78, 5) is 52.1. The average molecular weight is 578 g/mol. The number of carbonyl (C=O) groups is 4. The monoisotopic (exact) mass is 577 g/mol. The lowest BCUT2D eigenvalue weighted by Crippen LogP contribution is -2.49. The molecule has 8 nitrogen and oxygen atoms in total. The molecule has 0 bridgehead atoms. The number of esters is 1. The van der Waals surface area contributed by atoms with E-state index in [2.05, 4.69) is 0 Å². The predicted molar refractivity (Wildman–Crippen MR) is 149 cm³/mol. The summed E-state index contributed by atoms with van der Waals surface area (Å²) in [6, 6.07) is 8.93. The third-order valence-electron chi connectivity index (χ3n) is 7.18. The van der Waals surface area contributed by atoms with Gasteiger partial charge in [-0.2, -0.15) is 0 Å². The van der Waals surface area contributed by atoms with Crippen LogP contribution >= 0.6 is 23.2 Å². The number of hydrogen-bond acceptors (Lipinski definition) is 6. The molecular formula is C29H33Cl2NO7. The maximum atomic E-state index is 13.5. The molecule has 0 spiro atoms. The molecule has 2 aromatic rings. The Balaban J connectivity index is 1.88. The molecule has 10 heteroatoms. The Morgan fingerprint density at radius 1 is 0.974 bits per heavy atom. The van der Waals surface area contributed by atoms with E-state index >= 15 is 0 Å². The zero-order valence-corrected chi connectivity index (χ0v) is 24.2. The SMILES string of the molecule is COc1cc(N(Cc2ccc(Cl)c(Cl)c2)C(=O)CC(=O)C(=O)OC2C(C)(C)CCCC2(C)C)ccc1C(=O)O. The quantitative estimate of drug-likeness (QED) is 0.210. The molecule has 0 saturated heterocycles. The highest BCUT2D eigenvalue weighted by molar-refractivity contribution is 6.42. The zero-order chi connectivity index (χ0) is 29.1. The van der Waals surface area contributed by atoms with Crippen molar-refractivity contribution in [3.8, 4) is 5.75 Å². The van der Waals surface area contributed by atoms with Gasteiger partial charge in [-0.25, -0.2) is 9.59 Å². The number of anilines is 1. The summed E-state index contributed by atoms with van der Waals surface area (Å²) in [7, 11) is 1.31. The van der Waals surface area contributed by atoms with Crippen LogP contribution in [0.3, 0.4) is 0 Å². The number of hydrogen-bond donors (Lipinski definition) is 1. The normalized spacial score (nSPS) is 16.3. The number of ether oxygens (including phenoxy) is 2. The Kier molecular flexibility index (Phi) is 9.34. The van der Waals surface area contributed by atoms with Gasteiger partial charge in [0.15, 0.2) is 0 Å². The maximum absolute atomic E-state index is 13.5. The number of halogens is 2. The van der Waals surface area contributed by atoms with Crippen LogP contribution in [0.5, 0.6) is 5.75 Å². The van der Waals surface area contributed by atoms with Gasteiger partial charge in [0.05, 0.1) is 30.1 Å². The van der Waals surface area contributed by atoms with Crippen LogP contribution in [0.2, 0.25) is 10.0 Å². The molecule has 1 aliphatic carbocycles. The third kappa shape index (κ3) is 7.11. The van der Waals surface area contributed by atoms with Gasteiger partial charge in [0, 0.05) is 22.6 Å². The molecule has 0 radical (unpaired) electrons. The zero-order valence-electron chi connectivity index (χ0n) is 22.7. The van der Waals surface area contributed by atoms with Crippen molar-refractivity contribution in [2.75, 3.05) is 12.0 Å². The van der Waals surface area contributed by atoms with Crippen LogP contribution in [-0.2, 0) is 25.7 Å². The smallest absolute Gasteiger partial charge is 0.375 e. The van der Waals surface area contributed by atoms with Crippen LogP contribution in [0.15, 0.2) is 36.4 Å². The molecule has 0 unspecified atom stereocenters. The molecule has 0 aliphatic heterocycles. The number of aromatic carboxylic acids is 1. The van der Waals surface area contributed by atoms with E-state index in [0.717, 1.165) is 19.3 Å². The number of methoxy groups -OCH3 is 1. The number of benzene rings is 2. The first-order chi connectivity index (χ1) is 18.2. The first-order valence-electron chi connectivity index (χ1n) is 12.6. The van der Waals surface area contributed by atoms with Gasteiger partial charge in [0.25, 0.3) is 0 Å². The molecular weight excluding hydrogens is 545 g/mol. The molecule has 0 heterocycles. The van der Waals surface area contributed by atoms with E-state index in [9.17, 15) is 24.3 Å². The number of carboxylic acid groups (broad SMARTS) is 1. The third-order valence-corrected chi connectivity index (χ3v) is 7.92. The molecule has 1 saturated carbocycles. The van der Waals surface area contributed by atoms with Gasteiger partial charge in [-0.3, -0.25) is 9.59 Å². The first kappa shape index (κ1) is 30.4. The van der Waals surface area contributed by atoms with E-state index in [1.54, 1.807) is 18.2 Å². The molecule has 3 rings (SSSR count). The van der Waals surface area contributed by atoms with Crippen LogP contribution in [0, 0.1) is 10.8 Å².